The van der Waals surface area contributed by atoms with Gasteiger partial charge in [-0.15, -0.1) is 0 Å². The Bertz CT molecular complexity index is 1230. The highest BCUT2D eigenvalue weighted by Gasteiger charge is 2.16. The van der Waals surface area contributed by atoms with Gasteiger partial charge >= 0.3 is 0 Å². The lowest BCUT2D eigenvalue weighted by Gasteiger charge is -2.18. The van der Waals surface area contributed by atoms with Crippen LogP contribution in [0.25, 0.3) is 0 Å². The second kappa shape index (κ2) is 11.7. The normalized spacial score (nSPS) is 10.5. The van der Waals surface area contributed by atoms with Crippen LogP contribution in [-0.2, 0) is 19.8 Å². The number of nitrogen functional groups attached to an aromatic ring is 1. The highest BCUT2D eigenvalue weighted by atomic mass is 16.5. The Labute approximate surface area is 205 Å². The van der Waals surface area contributed by atoms with Crippen molar-refractivity contribution in [2.75, 3.05) is 25.3 Å². The van der Waals surface area contributed by atoms with E-state index in [1.807, 2.05) is 66.7 Å². The highest BCUT2D eigenvalue weighted by Crippen LogP contribution is 2.40. The summed E-state index contributed by atoms with van der Waals surface area (Å²) in [7, 11) is 3.26. The molecule has 7 nitrogen and oxygen atoms in total. The summed E-state index contributed by atoms with van der Waals surface area (Å²) in [6, 6.07) is 25.2. The molecule has 0 fully saturated rings. The number of hydrogen-bond donors (Lipinski definition) is 2. The summed E-state index contributed by atoms with van der Waals surface area (Å²) in [6.07, 6.45) is 1.70. The summed E-state index contributed by atoms with van der Waals surface area (Å²) in [4.78, 5) is 4.30. The number of aromatic nitrogens is 1. The first-order valence-corrected chi connectivity index (χ1v) is 11.2. The predicted octanol–water partition coefficient (Wildman–Crippen LogP) is 5.45. The van der Waals surface area contributed by atoms with E-state index in [-0.39, 0.29) is 0 Å². The molecule has 35 heavy (non-hydrogen) atoms. The van der Waals surface area contributed by atoms with Crippen LogP contribution in [0, 0.1) is 0 Å². The minimum absolute atomic E-state index is 0.360. The maximum absolute atomic E-state index is 6.23. The summed E-state index contributed by atoms with van der Waals surface area (Å²) in [6.45, 7) is 1.23. The monoisotopic (exact) mass is 471 g/mol. The molecule has 0 saturated heterocycles. The maximum Gasteiger partial charge on any atom is 0.203 e. The lowest BCUT2D eigenvalue weighted by atomic mass is 10.1. The predicted molar refractivity (Wildman–Crippen MR) is 137 cm³/mol. The number of nitrogens with two attached hydrogens (primary N) is 1. The van der Waals surface area contributed by atoms with Crippen LogP contribution in [0.4, 0.5) is 11.5 Å². The van der Waals surface area contributed by atoms with Gasteiger partial charge < -0.3 is 30.0 Å². The van der Waals surface area contributed by atoms with E-state index in [0.717, 1.165) is 22.4 Å². The molecule has 7 heteroatoms. The van der Waals surface area contributed by atoms with Gasteiger partial charge in [0.1, 0.15) is 24.8 Å². The molecule has 4 aromatic rings. The van der Waals surface area contributed by atoms with Crippen LogP contribution in [0.3, 0.4) is 0 Å². The van der Waals surface area contributed by atoms with Crippen LogP contribution < -0.4 is 30.0 Å². The molecule has 4 rings (SSSR count). The first-order valence-electron chi connectivity index (χ1n) is 11.2. The summed E-state index contributed by atoms with van der Waals surface area (Å²) < 4.78 is 23.3. The van der Waals surface area contributed by atoms with Gasteiger partial charge in [0.2, 0.25) is 5.75 Å². The molecule has 0 amide bonds. The molecule has 0 saturated carbocycles. The number of anilines is 2. The van der Waals surface area contributed by atoms with E-state index in [0.29, 0.717) is 48.5 Å². The number of benzene rings is 3. The molecular formula is C28H29N3O4. The van der Waals surface area contributed by atoms with Crippen LogP contribution in [-0.4, -0.2) is 19.2 Å². The minimum Gasteiger partial charge on any atom is -0.497 e. The average molecular weight is 472 g/mol. The summed E-state index contributed by atoms with van der Waals surface area (Å²) in [5.41, 5.74) is 9.59. The van der Waals surface area contributed by atoms with Crippen molar-refractivity contribution in [1.29, 1.82) is 0 Å². The Hall–Kier alpha value is -4.39. The number of rotatable bonds is 11. The molecule has 1 heterocycles. The molecule has 0 atom stereocenters. The van der Waals surface area contributed by atoms with Gasteiger partial charge in [0, 0.05) is 12.7 Å². The van der Waals surface area contributed by atoms with Crippen molar-refractivity contribution in [1.82, 2.24) is 4.98 Å². The Morgan fingerprint density at radius 1 is 0.743 bits per heavy atom. The molecule has 180 valence electrons. The molecule has 0 spiro atoms. The fourth-order valence-corrected chi connectivity index (χ4v) is 3.50. The number of methoxy groups -OCH3 is 2. The van der Waals surface area contributed by atoms with E-state index in [1.165, 1.54) is 0 Å². The smallest absolute Gasteiger partial charge is 0.203 e. The number of hydrogen-bond acceptors (Lipinski definition) is 7. The van der Waals surface area contributed by atoms with Gasteiger partial charge in [-0.1, -0.05) is 42.5 Å². The first-order chi connectivity index (χ1) is 17.2. The number of pyridine rings is 1. The van der Waals surface area contributed by atoms with Crippen molar-refractivity contribution < 1.29 is 18.9 Å². The van der Waals surface area contributed by atoms with Gasteiger partial charge in [-0.3, -0.25) is 0 Å². The summed E-state index contributed by atoms with van der Waals surface area (Å²) in [5, 5.41) is 3.27. The van der Waals surface area contributed by atoms with Crippen molar-refractivity contribution >= 4 is 11.5 Å². The first kappa shape index (κ1) is 23.8. The number of nitrogens with one attached hydrogen (secondary N) is 1. The zero-order valence-corrected chi connectivity index (χ0v) is 19.9. The van der Waals surface area contributed by atoms with E-state index in [9.17, 15) is 0 Å². The highest BCUT2D eigenvalue weighted by molar-refractivity contribution is 5.61. The molecule has 0 unspecified atom stereocenters. The van der Waals surface area contributed by atoms with Crippen molar-refractivity contribution in [2.45, 2.75) is 19.8 Å². The minimum atomic E-state index is 0.360. The lowest BCUT2D eigenvalue weighted by Crippen LogP contribution is -2.07. The molecule has 3 N–H and O–H groups in total. The van der Waals surface area contributed by atoms with Crippen LogP contribution >= 0.6 is 0 Å². The zero-order valence-electron chi connectivity index (χ0n) is 19.9. The molecule has 3 aromatic carbocycles. The molecule has 0 bridgehead atoms. The van der Waals surface area contributed by atoms with Gasteiger partial charge in [0.05, 0.1) is 19.9 Å². The fraction of sp³-hybridized carbons (Fsp3) is 0.179. The van der Waals surface area contributed by atoms with Crippen LogP contribution in [0.2, 0.25) is 0 Å². The molecule has 0 aliphatic rings. The SMILES string of the molecule is COc1ccc(COc2cc(CNc3ncccc3N)cc(OC)c2OCc2ccccc2)cc1. The zero-order chi connectivity index (χ0) is 24.5. The molecule has 0 aliphatic heterocycles. The van der Waals surface area contributed by atoms with Crippen LogP contribution in [0.5, 0.6) is 23.0 Å². The van der Waals surface area contributed by atoms with E-state index >= 15 is 0 Å². The van der Waals surface area contributed by atoms with Crippen LogP contribution in [0.15, 0.2) is 85.1 Å². The van der Waals surface area contributed by atoms with Crippen molar-refractivity contribution in [2.24, 2.45) is 0 Å². The van der Waals surface area contributed by atoms with Gasteiger partial charge in [-0.25, -0.2) is 4.98 Å². The Morgan fingerprint density at radius 3 is 2.17 bits per heavy atom. The standard InChI is InChI=1S/C28H29N3O4/c1-32-23-12-10-21(11-13-23)18-34-26-16-22(17-31-28-24(29)9-6-14-30-28)15-25(33-2)27(26)35-19-20-7-4-3-5-8-20/h3-16H,17-19,29H2,1-2H3,(H,30,31). The van der Waals surface area contributed by atoms with E-state index in [4.69, 9.17) is 24.7 Å². The van der Waals surface area contributed by atoms with Gasteiger partial charge in [0.25, 0.3) is 0 Å². The van der Waals surface area contributed by atoms with Gasteiger partial charge in [0.15, 0.2) is 11.5 Å². The Morgan fingerprint density at radius 2 is 1.46 bits per heavy atom. The van der Waals surface area contributed by atoms with E-state index < -0.39 is 0 Å². The summed E-state index contributed by atoms with van der Waals surface area (Å²) in [5.74, 6) is 3.13. The lowest BCUT2D eigenvalue weighted by molar-refractivity contribution is 0.243. The number of ether oxygens (including phenoxy) is 4. The quantitative estimate of drug-likeness (QED) is 0.301. The maximum atomic E-state index is 6.23. The van der Waals surface area contributed by atoms with Gasteiger partial charge in [-0.05, 0) is 53.1 Å². The fourth-order valence-electron chi connectivity index (χ4n) is 3.50. The second-order valence-electron chi connectivity index (χ2n) is 7.83. The average Bonchev–Trinajstić information content (AvgIpc) is 2.91. The molecular weight excluding hydrogens is 442 g/mol. The summed E-state index contributed by atoms with van der Waals surface area (Å²) >= 11 is 0. The third kappa shape index (κ3) is 6.35. The molecule has 0 radical (unpaired) electrons. The van der Waals surface area contributed by atoms with Gasteiger partial charge in [-0.2, -0.15) is 0 Å². The Balaban J connectivity index is 1.58. The van der Waals surface area contributed by atoms with E-state index in [2.05, 4.69) is 10.3 Å². The number of nitrogens with zero attached hydrogens (tertiary/aromatic N) is 1. The third-order valence-electron chi connectivity index (χ3n) is 5.38. The van der Waals surface area contributed by atoms with Crippen molar-refractivity contribution in [3.05, 3.63) is 102 Å². The van der Waals surface area contributed by atoms with Crippen LogP contribution in [0.1, 0.15) is 16.7 Å². The van der Waals surface area contributed by atoms with Crippen molar-refractivity contribution in [3.63, 3.8) is 0 Å². The largest absolute Gasteiger partial charge is 0.497 e. The Kier molecular flexibility index (Phi) is 7.91. The molecule has 0 aliphatic carbocycles. The van der Waals surface area contributed by atoms with E-state index in [1.54, 1.807) is 32.5 Å². The van der Waals surface area contributed by atoms with Crippen molar-refractivity contribution in [3.8, 4) is 23.0 Å². The second-order valence-corrected chi connectivity index (χ2v) is 7.83. The topological polar surface area (TPSA) is 87.9 Å². The third-order valence-corrected chi connectivity index (χ3v) is 5.38. The molecule has 1 aromatic heterocycles.